The number of pyridine rings is 1. The van der Waals surface area contributed by atoms with Crippen LogP contribution in [0.3, 0.4) is 0 Å². The Bertz CT molecular complexity index is 1090. The van der Waals surface area contributed by atoms with Crippen LogP contribution in [0.15, 0.2) is 40.2 Å². The summed E-state index contributed by atoms with van der Waals surface area (Å²) in [5, 5.41) is 9.92. The molecule has 0 aliphatic heterocycles. The van der Waals surface area contributed by atoms with E-state index in [9.17, 15) is 23.1 Å². The van der Waals surface area contributed by atoms with Gasteiger partial charge in [-0.1, -0.05) is 19.9 Å². The van der Waals surface area contributed by atoms with Crippen molar-refractivity contribution in [2.45, 2.75) is 51.5 Å². The van der Waals surface area contributed by atoms with Gasteiger partial charge in [0.05, 0.1) is 10.6 Å². The van der Waals surface area contributed by atoms with Gasteiger partial charge in [0.1, 0.15) is 5.60 Å². The number of aliphatic hydroxyl groups excluding tert-OH is 1. The second-order valence-electron chi connectivity index (χ2n) is 9.31. The number of nitrogens with zero attached hydrogens (tertiary/aromatic N) is 1. The number of aliphatic hydroxyl groups is 1. The normalized spacial score (nSPS) is 13.3. The van der Waals surface area contributed by atoms with Crippen LogP contribution in [0.4, 0.5) is 4.79 Å². The molecule has 1 aromatic heterocycles. The van der Waals surface area contributed by atoms with Gasteiger partial charge in [0.15, 0.2) is 9.84 Å². The lowest BCUT2D eigenvalue weighted by atomic mass is 9.97. The van der Waals surface area contributed by atoms with E-state index in [-0.39, 0.29) is 47.7 Å². The zero-order valence-electron chi connectivity index (χ0n) is 19.4. The van der Waals surface area contributed by atoms with E-state index in [2.05, 4.69) is 4.98 Å². The standard InChI is InChI=1S/C23H34N2O6S/c1-16(2)17(14-25(12-7-13-26)22(28)31-23(3,4)5)15-32(29,30)20-9-6-8-19-18(20)10-11-24-21(19)27/h6,8-11,16-17,26H,7,12-15H2,1-5H3,(H,24,27). The summed E-state index contributed by atoms with van der Waals surface area (Å²) in [6, 6.07) is 6.24. The quantitative estimate of drug-likeness (QED) is 0.586. The van der Waals surface area contributed by atoms with Crippen LogP contribution in [0.1, 0.15) is 41.0 Å². The molecule has 9 heteroatoms. The fourth-order valence-corrected chi connectivity index (χ4v) is 5.45. The van der Waals surface area contributed by atoms with Crippen LogP contribution in [-0.2, 0) is 14.6 Å². The molecular weight excluding hydrogens is 432 g/mol. The minimum atomic E-state index is -3.76. The van der Waals surface area contributed by atoms with Crippen molar-refractivity contribution in [1.29, 1.82) is 0 Å². The maximum absolute atomic E-state index is 13.4. The molecular formula is C23H34N2O6S. The molecule has 0 spiro atoms. The summed E-state index contributed by atoms with van der Waals surface area (Å²) in [6.07, 6.45) is 1.26. The molecule has 1 heterocycles. The number of carbonyl (C=O) groups excluding carboxylic acids is 1. The Kier molecular flexibility index (Phi) is 8.47. The second kappa shape index (κ2) is 10.5. The fraction of sp³-hybridized carbons (Fsp3) is 0.565. The molecule has 0 fully saturated rings. The highest BCUT2D eigenvalue weighted by Crippen LogP contribution is 2.26. The summed E-state index contributed by atoms with van der Waals surface area (Å²) >= 11 is 0. The fourth-order valence-electron chi connectivity index (χ4n) is 3.42. The number of hydrogen-bond acceptors (Lipinski definition) is 6. The van der Waals surface area contributed by atoms with Gasteiger partial charge in [-0.25, -0.2) is 13.2 Å². The molecule has 178 valence electrons. The molecule has 8 nitrogen and oxygen atoms in total. The van der Waals surface area contributed by atoms with Crippen molar-refractivity contribution < 1.29 is 23.1 Å². The maximum Gasteiger partial charge on any atom is 0.410 e. The smallest absolute Gasteiger partial charge is 0.410 e. The molecule has 1 atom stereocenters. The number of amides is 1. The molecule has 0 saturated heterocycles. The number of nitrogens with one attached hydrogen (secondary N) is 1. The minimum absolute atomic E-state index is 0.0396. The first kappa shape index (κ1) is 25.9. The minimum Gasteiger partial charge on any atom is -0.444 e. The third-order valence-electron chi connectivity index (χ3n) is 5.18. The summed E-state index contributed by atoms with van der Waals surface area (Å²) in [4.78, 5) is 28.9. The average molecular weight is 467 g/mol. The van der Waals surface area contributed by atoms with E-state index >= 15 is 0 Å². The zero-order chi connectivity index (χ0) is 24.1. The van der Waals surface area contributed by atoms with E-state index in [1.165, 1.54) is 17.2 Å². The topological polar surface area (TPSA) is 117 Å². The van der Waals surface area contributed by atoms with E-state index in [0.29, 0.717) is 17.2 Å². The molecule has 0 radical (unpaired) electrons. The highest BCUT2D eigenvalue weighted by molar-refractivity contribution is 7.91. The molecule has 1 aromatic carbocycles. The van der Waals surface area contributed by atoms with E-state index < -0.39 is 21.5 Å². The van der Waals surface area contributed by atoms with Crippen LogP contribution >= 0.6 is 0 Å². The number of carbonyl (C=O) groups is 1. The summed E-state index contributed by atoms with van der Waals surface area (Å²) in [5.41, 5.74) is -1.04. The van der Waals surface area contributed by atoms with Gasteiger partial charge in [0, 0.05) is 36.7 Å². The van der Waals surface area contributed by atoms with Crippen LogP contribution < -0.4 is 5.56 Å². The average Bonchev–Trinajstić information content (AvgIpc) is 2.68. The van der Waals surface area contributed by atoms with Crippen molar-refractivity contribution in [2.75, 3.05) is 25.4 Å². The van der Waals surface area contributed by atoms with E-state index in [0.717, 1.165) is 0 Å². The SMILES string of the molecule is CC(C)C(CN(CCCO)C(=O)OC(C)(C)C)CS(=O)(=O)c1cccc2c(=O)[nH]ccc12. The molecule has 0 aliphatic rings. The molecule has 2 rings (SSSR count). The Hall–Kier alpha value is -2.39. The molecule has 1 amide bonds. The van der Waals surface area contributed by atoms with Crippen LogP contribution in [0.2, 0.25) is 0 Å². The molecule has 32 heavy (non-hydrogen) atoms. The van der Waals surface area contributed by atoms with Crippen molar-refractivity contribution in [2.24, 2.45) is 11.8 Å². The number of fused-ring (bicyclic) bond motifs is 1. The molecule has 0 saturated carbocycles. The Morgan fingerprint density at radius 2 is 1.88 bits per heavy atom. The van der Waals surface area contributed by atoms with E-state index in [4.69, 9.17) is 4.74 Å². The third-order valence-corrected chi connectivity index (χ3v) is 7.07. The van der Waals surface area contributed by atoms with Crippen LogP contribution in [0.5, 0.6) is 0 Å². The van der Waals surface area contributed by atoms with Crippen molar-refractivity contribution in [3.63, 3.8) is 0 Å². The van der Waals surface area contributed by atoms with Gasteiger partial charge in [-0.05, 0) is 57.2 Å². The number of H-pyrrole nitrogens is 1. The molecule has 0 bridgehead atoms. The molecule has 2 N–H and O–H groups in total. The van der Waals surface area contributed by atoms with Gasteiger partial charge >= 0.3 is 6.09 Å². The van der Waals surface area contributed by atoms with Gasteiger partial charge in [-0.15, -0.1) is 0 Å². The number of aromatic nitrogens is 1. The second-order valence-corrected chi connectivity index (χ2v) is 11.3. The first-order valence-corrected chi connectivity index (χ1v) is 12.4. The number of sulfone groups is 1. The van der Waals surface area contributed by atoms with Gasteiger partial charge in [0.2, 0.25) is 0 Å². The van der Waals surface area contributed by atoms with Gasteiger partial charge in [-0.3, -0.25) is 4.79 Å². The lowest BCUT2D eigenvalue weighted by molar-refractivity contribution is 0.0202. The summed E-state index contributed by atoms with van der Waals surface area (Å²) in [5.74, 6) is -0.597. The van der Waals surface area contributed by atoms with Crippen LogP contribution in [0, 0.1) is 11.8 Å². The van der Waals surface area contributed by atoms with Crippen molar-refractivity contribution in [3.8, 4) is 0 Å². The predicted octanol–water partition coefficient (Wildman–Crippen LogP) is 3.19. The largest absolute Gasteiger partial charge is 0.444 e. The first-order chi connectivity index (χ1) is 14.9. The maximum atomic E-state index is 13.4. The Balaban J connectivity index is 2.34. The number of rotatable bonds is 9. The summed E-state index contributed by atoms with van der Waals surface area (Å²) < 4.78 is 32.2. The lowest BCUT2D eigenvalue weighted by Gasteiger charge is -2.31. The Labute approximate surface area is 189 Å². The number of benzene rings is 1. The van der Waals surface area contributed by atoms with Crippen LogP contribution in [0.25, 0.3) is 10.8 Å². The zero-order valence-corrected chi connectivity index (χ0v) is 20.2. The highest BCUT2D eigenvalue weighted by Gasteiger charge is 2.30. The van der Waals surface area contributed by atoms with E-state index in [1.807, 2.05) is 13.8 Å². The summed E-state index contributed by atoms with van der Waals surface area (Å²) in [7, 11) is -3.76. The Morgan fingerprint density at radius 1 is 1.19 bits per heavy atom. The van der Waals surface area contributed by atoms with Crippen molar-refractivity contribution >= 4 is 26.7 Å². The first-order valence-electron chi connectivity index (χ1n) is 10.8. The van der Waals surface area contributed by atoms with Gasteiger partial charge in [0.25, 0.3) is 5.56 Å². The monoisotopic (exact) mass is 466 g/mol. The highest BCUT2D eigenvalue weighted by atomic mass is 32.2. The molecule has 0 aliphatic carbocycles. The molecule has 2 aromatic rings. The number of hydrogen-bond donors (Lipinski definition) is 2. The third kappa shape index (κ3) is 6.80. The predicted molar refractivity (Wildman–Crippen MR) is 124 cm³/mol. The lowest BCUT2D eigenvalue weighted by Crippen LogP contribution is -2.42. The number of aromatic amines is 1. The van der Waals surface area contributed by atoms with Crippen molar-refractivity contribution in [1.82, 2.24) is 9.88 Å². The van der Waals surface area contributed by atoms with Crippen molar-refractivity contribution in [3.05, 3.63) is 40.8 Å². The van der Waals surface area contributed by atoms with Gasteiger partial charge < -0.3 is 19.7 Å². The van der Waals surface area contributed by atoms with Crippen LogP contribution in [-0.4, -0.2) is 60.6 Å². The van der Waals surface area contributed by atoms with E-state index in [1.54, 1.807) is 39.0 Å². The number of ether oxygens (including phenoxy) is 1. The Morgan fingerprint density at radius 3 is 2.47 bits per heavy atom. The van der Waals surface area contributed by atoms with Gasteiger partial charge in [-0.2, -0.15) is 0 Å². The summed E-state index contributed by atoms with van der Waals surface area (Å²) in [6.45, 7) is 9.47. The molecule has 1 unspecified atom stereocenters.